The zero-order chi connectivity index (χ0) is 19.1. The average molecular weight is 376 g/mol. The maximum Gasteiger partial charge on any atom is 0.230 e. The van der Waals surface area contributed by atoms with Gasteiger partial charge in [-0.2, -0.15) is 4.68 Å². The summed E-state index contributed by atoms with van der Waals surface area (Å²) in [4.78, 5) is 12.2. The molecule has 2 aromatic rings. The molecule has 1 aromatic carbocycles. The number of carbonyl (C=O) groups is 1. The van der Waals surface area contributed by atoms with Gasteiger partial charge in [-0.25, -0.2) is 0 Å². The van der Waals surface area contributed by atoms with Gasteiger partial charge in [0, 0.05) is 6.04 Å². The highest BCUT2D eigenvalue weighted by atomic mass is 32.2. The van der Waals surface area contributed by atoms with E-state index in [-0.39, 0.29) is 11.9 Å². The molecule has 0 unspecified atom stereocenters. The van der Waals surface area contributed by atoms with Crippen LogP contribution >= 0.6 is 11.8 Å². The summed E-state index contributed by atoms with van der Waals surface area (Å²) in [7, 11) is 0. The number of tetrazole rings is 1. The average Bonchev–Trinajstić information content (AvgIpc) is 3.03. The molecule has 6 nitrogen and oxygen atoms in total. The van der Waals surface area contributed by atoms with Gasteiger partial charge in [-0.05, 0) is 60.7 Å². The van der Waals surface area contributed by atoms with Crippen LogP contribution in [0.3, 0.4) is 0 Å². The van der Waals surface area contributed by atoms with Crippen molar-refractivity contribution in [3.05, 3.63) is 29.3 Å². The normalized spacial score (nSPS) is 12.4. The fourth-order valence-electron chi connectivity index (χ4n) is 2.72. The zero-order valence-corrected chi connectivity index (χ0v) is 17.1. The van der Waals surface area contributed by atoms with Gasteiger partial charge in [-0.3, -0.25) is 4.79 Å². The van der Waals surface area contributed by atoms with E-state index in [0.717, 1.165) is 29.7 Å². The minimum absolute atomic E-state index is 0.0163. The third-order valence-corrected chi connectivity index (χ3v) is 5.11. The van der Waals surface area contributed by atoms with Gasteiger partial charge in [-0.15, -0.1) is 5.10 Å². The highest BCUT2D eigenvalue weighted by Crippen LogP contribution is 2.21. The van der Waals surface area contributed by atoms with Gasteiger partial charge in [0.05, 0.1) is 11.4 Å². The molecular formula is C19H29N5OS. The number of aryl methyl sites for hydroxylation is 2. The minimum Gasteiger partial charge on any atom is -0.353 e. The molecule has 0 saturated carbocycles. The molecule has 1 N–H and O–H groups in total. The molecule has 0 radical (unpaired) electrons. The van der Waals surface area contributed by atoms with Crippen molar-refractivity contribution in [2.45, 2.75) is 65.1 Å². The van der Waals surface area contributed by atoms with Crippen LogP contribution in [0.4, 0.5) is 0 Å². The fraction of sp³-hybridized carbons (Fsp3) is 0.579. The molecule has 0 bridgehead atoms. The molecule has 1 atom stereocenters. The van der Waals surface area contributed by atoms with E-state index in [1.54, 1.807) is 4.68 Å². The number of carbonyl (C=O) groups excluding carboxylic acids is 1. The molecule has 26 heavy (non-hydrogen) atoms. The Labute approximate surface area is 160 Å². The number of nitrogens with one attached hydrogen (secondary N) is 1. The standard InChI is InChI=1S/C19H29N5OS/c1-13(2)7-6-8-16(5)20-18(25)12-26-19-21-22-23-24(19)17-11-14(3)9-10-15(17)4/h9-11,13,16H,6-8,12H2,1-5H3,(H,20,25)/t16-/m0/s1. The van der Waals surface area contributed by atoms with E-state index in [9.17, 15) is 4.79 Å². The lowest BCUT2D eigenvalue weighted by Crippen LogP contribution is -2.33. The lowest BCUT2D eigenvalue weighted by atomic mass is 10.0. The van der Waals surface area contributed by atoms with E-state index >= 15 is 0 Å². The quantitative estimate of drug-likeness (QED) is 0.677. The second-order valence-corrected chi connectivity index (χ2v) is 8.19. The molecular weight excluding hydrogens is 346 g/mol. The van der Waals surface area contributed by atoms with Gasteiger partial charge in [-0.1, -0.05) is 50.6 Å². The Hall–Kier alpha value is -1.89. The van der Waals surface area contributed by atoms with E-state index < -0.39 is 0 Å². The number of benzene rings is 1. The Morgan fingerprint density at radius 2 is 2.00 bits per heavy atom. The van der Waals surface area contributed by atoms with Gasteiger partial charge >= 0.3 is 0 Å². The molecule has 2 rings (SSSR count). The Bertz CT molecular complexity index is 728. The van der Waals surface area contributed by atoms with Crippen LogP contribution in [0.25, 0.3) is 5.69 Å². The molecule has 1 heterocycles. The summed E-state index contributed by atoms with van der Waals surface area (Å²) >= 11 is 1.36. The van der Waals surface area contributed by atoms with Crippen molar-refractivity contribution in [3.63, 3.8) is 0 Å². The Morgan fingerprint density at radius 3 is 2.73 bits per heavy atom. The van der Waals surface area contributed by atoms with Crippen LogP contribution in [0.5, 0.6) is 0 Å². The van der Waals surface area contributed by atoms with E-state index in [4.69, 9.17) is 0 Å². The van der Waals surface area contributed by atoms with Crippen molar-refractivity contribution in [3.8, 4) is 5.69 Å². The SMILES string of the molecule is Cc1ccc(C)c(-n2nnnc2SCC(=O)N[C@@H](C)CCCC(C)C)c1. The first kappa shape index (κ1) is 20.4. The predicted octanol–water partition coefficient (Wildman–Crippen LogP) is 3.70. The number of aromatic nitrogens is 4. The largest absolute Gasteiger partial charge is 0.353 e. The first-order valence-corrected chi connectivity index (χ1v) is 10.1. The van der Waals surface area contributed by atoms with Gasteiger partial charge in [0.15, 0.2) is 0 Å². The van der Waals surface area contributed by atoms with Crippen molar-refractivity contribution in [2.24, 2.45) is 5.92 Å². The first-order valence-electron chi connectivity index (χ1n) is 9.15. The first-order chi connectivity index (χ1) is 12.4. The van der Waals surface area contributed by atoms with Gasteiger partial charge in [0.1, 0.15) is 0 Å². The topological polar surface area (TPSA) is 72.7 Å². The van der Waals surface area contributed by atoms with Crippen LogP contribution in [0.2, 0.25) is 0 Å². The molecule has 0 spiro atoms. The number of amides is 1. The molecule has 142 valence electrons. The van der Waals surface area contributed by atoms with Crippen molar-refractivity contribution in [1.82, 2.24) is 25.5 Å². The number of hydrogen-bond acceptors (Lipinski definition) is 5. The van der Waals surface area contributed by atoms with Crippen LogP contribution in [-0.2, 0) is 4.79 Å². The summed E-state index contributed by atoms with van der Waals surface area (Å²) in [6.45, 7) is 10.6. The minimum atomic E-state index is 0.0163. The van der Waals surface area contributed by atoms with Crippen LogP contribution in [0, 0.1) is 19.8 Å². The molecule has 0 aliphatic heterocycles. The van der Waals surface area contributed by atoms with Crippen LogP contribution < -0.4 is 5.32 Å². The summed E-state index contributed by atoms with van der Waals surface area (Å²) < 4.78 is 1.70. The van der Waals surface area contributed by atoms with Crippen LogP contribution in [0.1, 0.15) is 51.2 Å². The highest BCUT2D eigenvalue weighted by Gasteiger charge is 2.14. The van der Waals surface area contributed by atoms with E-state index in [0.29, 0.717) is 16.8 Å². The number of thioether (sulfide) groups is 1. The second-order valence-electron chi connectivity index (χ2n) is 7.25. The Morgan fingerprint density at radius 1 is 1.23 bits per heavy atom. The number of rotatable bonds is 9. The molecule has 1 amide bonds. The van der Waals surface area contributed by atoms with Crippen molar-refractivity contribution in [1.29, 1.82) is 0 Å². The van der Waals surface area contributed by atoms with Crippen LogP contribution in [0.15, 0.2) is 23.4 Å². The van der Waals surface area contributed by atoms with E-state index in [2.05, 4.69) is 47.7 Å². The fourth-order valence-corrected chi connectivity index (χ4v) is 3.41. The summed E-state index contributed by atoms with van der Waals surface area (Å²) in [5.41, 5.74) is 3.18. The smallest absolute Gasteiger partial charge is 0.230 e. The maximum atomic E-state index is 12.2. The van der Waals surface area contributed by atoms with Gasteiger partial charge in [0.2, 0.25) is 11.1 Å². The summed E-state index contributed by atoms with van der Waals surface area (Å²) in [5.74, 6) is 1.03. The number of nitrogens with zero attached hydrogens (tertiary/aromatic N) is 4. The summed E-state index contributed by atoms with van der Waals surface area (Å²) in [5, 5.41) is 15.6. The van der Waals surface area contributed by atoms with E-state index in [1.165, 1.54) is 18.2 Å². The monoisotopic (exact) mass is 375 g/mol. The zero-order valence-electron chi connectivity index (χ0n) is 16.3. The molecule has 1 aromatic heterocycles. The van der Waals surface area contributed by atoms with Crippen LogP contribution in [-0.4, -0.2) is 37.9 Å². The van der Waals surface area contributed by atoms with E-state index in [1.807, 2.05) is 26.0 Å². The summed E-state index contributed by atoms with van der Waals surface area (Å²) in [6, 6.07) is 6.35. The highest BCUT2D eigenvalue weighted by molar-refractivity contribution is 7.99. The Kier molecular flexibility index (Phi) is 7.63. The summed E-state index contributed by atoms with van der Waals surface area (Å²) in [6.07, 6.45) is 3.34. The van der Waals surface area contributed by atoms with Gasteiger partial charge in [0.25, 0.3) is 0 Å². The van der Waals surface area contributed by atoms with Crippen molar-refractivity contribution < 1.29 is 4.79 Å². The molecule has 0 aliphatic rings. The Balaban J connectivity index is 1.89. The maximum absolute atomic E-state index is 12.2. The second kappa shape index (κ2) is 9.71. The van der Waals surface area contributed by atoms with Crippen molar-refractivity contribution >= 4 is 17.7 Å². The number of hydrogen-bond donors (Lipinski definition) is 1. The van der Waals surface area contributed by atoms with Crippen molar-refractivity contribution in [2.75, 3.05) is 5.75 Å². The molecule has 0 saturated heterocycles. The molecule has 0 aliphatic carbocycles. The lowest BCUT2D eigenvalue weighted by Gasteiger charge is -2.14. The molecule has 0 fully saturated rings. The predicted molar refractivity (Wildman–Crippen MR) is 106 cm³/mol. The lowest BCUT2D eigenvalue weighted by molar-refractivity contribution is -0.119. The third kappa shape index (κ3) is 6.12. The third-order valence-electron chi connectivity index (χ3n) is 4.19. The molecule has 7 heteroatoms. The van der Waals surface area contributed by atoms with Gasteiger partial charge < -0.3 is 5.32 Å².